The predicted octanol–water partition coefficient (Wildman–Crippen LogP) is 3.42. The molecule has 3 heterocycles. The van der Waals surface area contributed by atoms with Gasteiger partial charge in [0.1, 0.15) is 11.6 Å². The van der Waals surface area contributed by atoms with Crippen LogP contribution < -0.4 is 15.8 Å². The zero-order valence-corrected chi connectivity index (χ0v) is 23.9. The summed E-state index contributed by atoms with van der Waals surface area (Å²) in [4.78, 5) is 32.7. The van der Waals surface area contributed by atoms with Crippen LogP contribution in [0.1, 0.15) is 23.1 Å². The summed E-state index contributed by atoms with van der Waals surface area (Å²) in [5, 5.41) is 3.04. The van der Waals surface area contributed by atoms with Crippen LogP contribution in [0.3, 0.4) is 0 Å². The topological polar surface area (TPSA) is 175 Å². The van der Waals surface area contributed by atoms with Crippen molar-refractivity contribution in [2.24, 2.45) is 0 Å². The number of hydrogen-bond acceptors (Lipinski definition) is 12. The number of sulfonamides is 1. The van der Waals surface area contributed by atoms with Crippen molar-refractivity contribution in [3.8, 4) is 17.3 Å². The number of carbonyl (C=O) groups excluding carboxylic acids is 1. The summed E-state index contributed by atoms with van der Waals surface area (Å²) in [5.74, 6) is -1.79. The third-order valence-corrected chi connectivity index (χ3v) is 7.67. The number of aryl methyl sites for hydroxylation is 1. The number of hydrogen-bond donors (Lipinski definition) is 2. The van der Waals surface area contributed by atoms with E-state index in [1.54, 1.807) is 19.1 Å². The van der Waals surface area contributed by atoms with Crippen LogP contribution in [0.25, 0.3) is 11.4 Å². The minimum atomic E-state index is -5.31. The number of rotatable bonds is 9. The van der Waals surface area contributed by atoms with Crippen LogP contribution in [0, 0.1) is 6.92 Å². The Morgan fingerprint density at radius 3 is 2.26 bits per heavy atom. The Morgan fingerprint density at radius 1 is 1.00 bits per heavy atom. The minimum Gasteiger partial charge on any atom is -0.481 e. The van der Waals surface area contributed by atoms with E-state index < -0.39 is 28.3 Å². The highest BCUT2D eigenvalue weighted by Crippen LogP contribution is 2.35. The largest absolute Gasteiger partial charge is 0.490 e. The fourth-order valence-corrected chi connectivity index (χ4v) is 4.66. The summed E-state index contributed by atoms with van der Waals surface area (Å²) in [5.41, 5.74) is 6.50. The van der Waals surface area contributed by atoms with Crippen molar-refractivity contribution in [3.63, 3.8) is 0 Å². The SMILES string of the molecule is COc1ccc(Nc2ncc(C(OC(=O)C(F)(F)F)c3ccc(S(=O)(=O)N(C)C)cc3)cc2-c2nc(C)nc(N)n2)cn1. The van der Waals surface area contributed by atoms with Gasteiger partial charge in [0.2, 0.25) is 21.9 Å². The van der Waals surface area contributed by atoms with Gasteiger partial charge in [0.05, 0.1) is 29.5 Å². The molecule has 4 rings (SSSR count). The Bertz CT molecular complexity index is 1720. The van der Waals surface area contributed by atoms with E-state index in [4.69, 9.17) is 15.2 Å². The predicted molar refractivity (Wildman–Crippen MR) is 148 cm³/mol. The second-order valence-corrected chi connectivity index (χ2v) is 11.2. The van der Waals surface area contributed by atoms with Crippen LogP contribution in [-0.4, -0.2) is 71.0 Å². The summed E-state index contributed by atoms with van der Waals surface area (Å²) in [6, 6.07) is 9.48. The maximum atomic E-state index is 13.3. The van der Waals surface area contributed by atoms with Gasteiger partial charge in [0.15, 0.2) is 11.9 Å². The van der Waals surface area contributed by atoms with Gasteiger partial charge in [0.25, 0.3) is 0 Å². The lowest BCUT2D eigenvalue weighted by Crippen LogP contribution is -2.27. The number of benzene rings is 1. The van der Waals surface area contributed by atoms with E-state index in [0.29, 0.717) is 11.6 Å². The van der Waals surface area contributed by atoms with Gasteiger partial charge >= 0.3 is 12.1 Å². The standard InChI is InChI=1S/C26H25F3N8O5S/c1-14-33-23(36-25(30)34-14)19-11-16(12-32-22(19)35-17-7-10-20(41-4)31-13-17)21(42-24(38)26(27,28)29)15-5-8-18(9-6-15)43(39,40)37(2)3/h5-13,21H,1-4H3,(H,32,35)(H2,30,33,34,36). The van der Waals surface area contributed by atoms with Crippen molar-refractivity contribution in [1.29, 1.82) is 0 Å². The second-order valence-electron chi connectivity index (χ2n) is 9.08. The van der Waals surface area contributed by atoms with Gasteiger partial charge in [-0.25, -0.2) is 32.5 Å². The van der Waals surface area contributed by atoms with Crippen molar-refractivity contribution in [2.75, 3.05) is 32.3 Å². The van der Waals surface area contributed by atoms with Crippen molar-refractivity contribution in [3.05, 3.63) is 71.8 Å². The van der Waals surface area contributed by atoms with Crippen molar-refractivity contribution in [2.45, 2.75) is 24.1 Å². The molecule has 43 heavy (non-hydrogen) atoms. The molecule has 0 bridgehead atoms. The van der Waals surface area contributed by atoms with Gasteiger partial charge in [-0.2, -0.15) is 23.1 Å². The molecule has 1 unspecified atom stereocenters. The molecule has 1 aromatic carbocycles. The molecule has 3 N–H and O–H groups in total. The van der Waals surface area contributed by atoms with E-state index in [-0.39, 0.29) is 45.0 Å². The molecule has 3 aromatic heterocycles. The molecule has 0 aliphatic carbocycles. The van der Waals surface area contributed by atoms with E-state index in [1.165, 1.54) is 63.9 Å². The molecule has 1 atom stereocenters. The Hall–Kier alpha value is -4.90. The number of methoxy groups -OCH3 is 1. The Balaban J connectivity index is 1.85. The van der Waals surface area contributed by atoms with E-state index in [2.05, 4.69) is 30.2 Å². The lowest BCUT2D eigenvalue weighted by Gasteiger charge is -2.21. The molecule has 0 fully saturated rings. The highest BCUT2D eigenvalue weighted by molar-refractivity contribution is 7.89. The number of carbonyl (C=O) groups is 1. The second kappa shape index (κ2) is 12.1. The molecule has 0 aliphatic heterocycles. The maximum absolute atomic E-state index is 13.3. The van der Waals surface area contributed by atoms with E-state index in [9.17, 15) is 26.4 Å². The van der Waals surface area contributed by atoms with E-state index in [1.807, 2.05) is 0 Å². The van der Waals surface area contributed by atoms with E-state index >= 15 is 0 Å². The summed E-state index contributed by atoms with van der Waals surface area (Å²) < 4.78 is 75.9. The Labute approximate surface area is 244 Å². The zero-order valence-electron chi connectivity index (χ0n) is 23.1. The molecule has 0 spiro atoms. The maximum Gasteiger partial charge on any atom is 0.490 e. The molecular formula is C26H25F3N8O5S. The molecule has 226 valence electrons. The first kappa shape index (κ1) is 31.0. The van der Waals surface area contributed by atoms with Crippen LogP contribution >= 0.6 is 0 Å². The number of ether oxygens (including phenoxy) is 2. The fraction of sp³-hybridized carbons (Fsp3) is 0.231. The normalized spacial score (nSPS) is 12.6. The lowest BCUT2D eigenvalue weighted by molar-refractivity contribution is -0.203. The van der Waals surface area contributed by atoms with Crippen LogP contribution in [0.4, 0.5) is 30.6 Å². The number of nitrogen functional groups attached to an aromatic ring is 1. The number of pyridine rings is 2. The molecule has 13 nitrogen and oxygen atoms in total. The van der Waals surface area contributed by atoms with Gasteiger partial charge < -0.3 is 20.5 Å². The fourth-order valence-electron chi connectivity index (χ4n) is 3.76. The first-order chi connectivity index (χ1) is 20.2. The number of nitrogens with zero attached hydrogens (tertiary/aromatic N) is 6. The third kappa shape index (κ3) is 7.12. The minimum absolute atomic E-state index is 0.00846. The highest BCUT2D eigenvalue weighted by Gasteiger charge is 2.43. The lowest BCUT2D eigenvalue weighted by atomic mass is 10.0. The molecule has 0 amide bonds. The van der Waals surface area contributed by atoms with Crippen molar-refractivity contribution < 1.29 is 35.9 Å². The highest BCUT2D eigenvalue weighted by atomic mass is 32.2. The summed E-state index contributed by atoms with van der Waals surface area (Å²) in [6.45, 7) is 1.57. The van der Waals surface area contributed by atoms with E-state index in [0.717, 1.165) is 4.31 Å². The van der Waals surface area contributed by atoms with Gasteiger partial charge in [-0.1, -0.05) is 12.1 Å². The number of anilines is 3. The van der Waals surface area contributed by atoms with Crippen molar-refractivity contribution in [1.82, 2.24) is 29.2 Å². The molecule has 0 aliphatic rings. The first-order valence-electron chi connectivity index (χ1n) is 12.2. The Morgan fingerprint density at radius 2 is 1.70 bits per heavy atom. The number of alkyl halides is 3. The summed E-state index contributed by atoms with van der Waals surface area (Å²) in [6.07, 6.45) is -4.32. The van der Waals surface area contributed by atoms with Crippen LogP contribution in [0.15, 0.2) is 59.8 Å². The number of nitrogens with two attached hydrogens (primary N) is 1. The Kier molecular flexibility index (Phi) is 8.77. The zero-order chi connectivity index (χ0) is 31.5. The quantitative estimate of drug-likeness (QED) is 0.262. The van der Waals surface area contributed by atoms with Crippen molar-refractivity contribution >= 4 is 33.4 Å². The van der Waals surface area contributed by atoms with Gasteiger partial charge in [0, 0.05) is 31.9 Å². The molecule has 4 aromatic rings. The average molecular weight is 619 g/mol. The van der Waals surface area contributed by atoms with Crippen LogP contribution in [-0.2, 0) is 19.6 Å². The monoisotopic (exact) mass is 618 g/mol. The summed E-state index contributed by atoms with van der Waals surface area (Å²) in [7, 11) is 0.275. The van der Waals surface area contributed by atoms with Crippen LogP contribution in [0.5, 0.6) is 5.88 Å². The van der Waals surface area contributed by atoms with Gasteiger partial charge in [-0.15, -0.1) is 0 Å². The average Bonchev–Trinajstić information content (AvgIpc) is 2.95. The number of esters is 1. The molecular weight excluding hydrogens is 593 g/mol. The number of nitrogens with one attached hydrogen (secondary N) is 1. The molecule has 17 heteroatoms. The smallest absolute Gasteiger partial charge is 0.481 e. The molecule has 0 saturated carbocycles. The first-order valence-corrected chi connectivity index (χ1v) is 13.7. The molecule has 0 saturated heterocycles. The van der Waals surface area contributed by atoms with Crippen LogP contribution in [0.2, 0.25) is 0 Å². The van der Waals surface area contributed by atoms with Gasteiger partial charge in [-0.3, -0.25) is 0 Å². The van der Waals surface area contributed by atoms with Gasteiger partial charge in [-0.05, 0) is 36.8 Å². The number of halogens is 3. The molecule has 0 radical (unpaired) electrons. The third-order valence-electron chi connectivity index (χ3n) is 5.84. The number of aromatic nitrogens is 5. The summed E-state index contributed by atoms with van der Waals surface area (Å²) >= 11 is 0.